The number of nitrogens with one attached hydrogen (secondary N) is 1. The first-order valence-electron chi connectivity index (χ1n) is 8.22. The minimum Gasteiger partial charge on any atom is -0.367 e. The summed E-state index contributed by atoms with van der Waals surface area (Å²) in [6.07, 6.45) is 7.19. The van der Waals surface area contributed by atoms with Crippen molar-refractivity contribution in [3.05, 3.63) is 53.2 Å². The van der Waals surface area contributed by atoms with E-state index in [1.54, 1.807) is 0 Å². The summed E-state index contributed by atoms with van der Waals surface area (Å²) < 4.78 is 2.16. The summed E-state index contributed by atoms with van der Waals surface area (Å²) in [6, 6.07) is 12.6. The first kappa shape index (κ1) is 14.6. The summed E-state index contributed by atoms with van der Waals surface area (Å²) in [5.41, 5.74) is 4.09. The lowest BCUT2D eigenvalue weighted by atomic mass is 10.1. The molecule has 0 atom stereocenters. The van der Waals surface area contributed by atoms with E-state index in [4.69, 9.17) is 16.6 Å². The highest BCUT2D eigenvalue weighted by Gasteiger charge is 2.21. The number of benzene rings is 1. The molecule has 1 aliphatic carbocycles. The minimum absolute atomic E-state index is 0.525. The van der Waals surface area contributed by atoms with Crippen LogP contribution in [0.4, 0.5) is 5.82 Å². The first-order chi connectivity index (χ1) is 11.2. The summed E-state index contributed by atoms with van der Waals surface area (Å²) in [6.45, 7) is 2.11. The van der Waals surface area contributed by atoms with Crippen LogP contribution in [0.25, 0.3) is 16.9 Å². The van der Waals surface area contributed by atoms with E-state index in [2.05, 4.69) is 35.0 Å². The van der Waals surface area contributed by atoms with Crippen molar-refractivity contribution in [2.45, 2.75) is 38.6 Å². The van der Waals surface area contributed by atoms with Crippen LogP contribution in [0, 0.1) is 6.92 Å². The van der Waals surface area contributed by atoms with E-state index in [1.165, 1.54) is 31.2 Å². The number of aromatic nitrogens is 2. The van der Waals surface area contributed by atoms with Crippen LogP contribution in [-0.2, 0) is 0 Å². The van der Waals surface area contributed by atoms with Crippen LogP contribution in [0.15, 0.2) is 42.6 Å². The fourth-order valence-corrected chi connectivity index (χ4v) is 3.62. The molecular weight excluding hydrogens is 306 g/mol. The maximum absolute atomic E-state index is 6.43. The lowest BCUT2D eigenvalue weighted by Gasteiger charge is -2.15. The highest BCUT2D eigenvalue weighted by Crippen LogP contribution is 2.35. The second kappa shape index (κ2) is 5.89. The number of hydrogen-bond acceptors (Lipinski definition) is 2. The van der Waals surface area contributed by atoms with Gasteiger partial charge in [-0.3, -0.25) is 4.40 Å². The van der Waals surface area contributed by atoms with Gasteiger partial charge in [0.2, 0.25) is 0 Å². The van der Waals surface area contributed by atoms with Crippen LogP contribution in [0.5, 0.6) is 0 Å². The summed E-state index contributed by atoms with van der Waals surface area (Å²) in [7, 11) is 0. The molecule has 4 heteroatoms. The van der Waals surface area contributed by atoms with Gasteiger partial charge in [-0.1, -0.05) is 48.7 Å². The summed E-state index contributed by atoms with van der Waals surface area (Å²) in [5, 5.41) is 4.47. The average Bonchev–Trinajstić information content (AvgIpc) is 3.17. The number of halogens is 1. The third-order valence-electron chi connectivity index (χ3n) is 4.59. The molecule has 1 aromatic carbocycles. The number of aryl methyl sites for hydroxylation is 1. The Hall–Kier alpha value is -2.00. The fourth-order valence-electron chi connectivity index (χ4n) is 3.39. The Labute approximate surface area is 141 Å². The van der Waals surface area contributed by atoms with Gasteiger partial charge < -0.3 is 5.32 Å². The number of fused-ring (bicyclic) bond motifs is 1. The number of nitrogens with zero attached hydrogens (tertiary/aromatic N) is 2. The van der Waals surface area contributed by atoms with E-state index in [0.717, 1.165) is 27.7 Å². The van der Waals surface area contributed by atoms with Crippen molar-refractivity contribution >= 4 is 23.1 Å². The van der Waals surface area contributed by atoms with Crippen LogP contribution >= 0.6 is 11.6 Å². The van der Waals surface area contributed by atoms with Gasteiger partial charge >= 0.3 is 0 Å². The normalized spacial score (nSPS) is 15.4. The molecule has 0 bridgehead atoms. The van der Waals surface area contributed by atoms with E-state index in [-0.39, 0.29) is 0 Å². The second-order valence-corrected chi connectivity index (χ2v) is 6.76. The molecule has 2 aromatic heterocycles. The zero-order valence-electron chi connectivity index (χ0n) is 13.2. The third kappa shape index (κ3) is 2.70. The van der Waals surface area contributed by atoms with Crippen molar-refractivity contribution in [2.24, 2.45) is 0 Å². The molecule has 23 heavy (non-hydrogen) atoms. The van der Waals surface area contributed by atoms with Crippen molar-refractivity contribution in [3.8, 4) is 11.3 Å². The zero-order chi connectivity index (χ0) is 15.8. The molecule has 0 saturated heterocycles. The van der Waals surface area contributed by atoms with E-state index >= 15 is 0 Å². The van der Waals surface area contributed by atoms with Crippen LogP contribution in [0.2, 0.25) is 5.02 Å². The molecule has 2 heterocycles. The van der Waals surface area contributed by atoms with Gasteiger partial charge in [0.25, 0.3) is 0 Å². The molecule has 1 fully saturated rings. The highest BCUT2D eigenvalue weighted by atomic mass is 35.5. The van der Waals surface area contributed by atoms with Crippen LogP contribution in [-0.4, -0.2) is 15.4 Å². The van der Waals surface area contributed by atoms with Gasteiger partial charge in [-0.05, 0) is 37.5 Å². The van der Waals surface area contributed by atoms with Crippen molar-refractivity contribution < 1.29 is 0 Å². The predicted molar refractivity (Wildman–Crippen MR) is 96.3 cm³/mol. The fraction of sp³-hybridized carbons (Fsp3) is 0.316. The minimum atomic E-state index is 0.525. The largest absolute Gasteiger partial charge is 0.367 e. The lowest BCUT2D eigenvalue weighted by molar-refractivity contribution is 0.749. The van der Waals surface area contributed by atoms with Crippen molar-refractivity contribution in [1.29, 1.82) is 0 Å². The molecule has 4 rings (SSSR count). The van der Waals surface area contributed by atoms with Crippen LogP contribution in [0.3, 0.4) is 0 Å². The highest BCUT2D eigenvalue weighted by molar-refractivity contribution is 6.33. The Morgan fingerprint density at radius 2 is 1.91 bits per heavy atom. The Bertz CT molecular complexity index is 847. The van der Waals surface area contributed by atoms with Crippen LogP contribution < -0.4 is 5.32 Å². The molecule has 3 nitrogen and oxygen atoms in total. The summed E-state index contributed by atoms with van der Waals surface area (Å²) >= 11 is 6.43. The molecule has 0 unspecified atom stereocenters. The number of rotatable bonds is 3. The molecule has 0 radical (unpaired) electrons. The van der Waals surface area contributed by atoms with Crippen molar-refractivity contribution in [3.63, 3.8) is 0 Å². The standard InChI is InChI=1S/C19H20ClN3/c1-13-10-11-17-22-18(15-8-4-5-9-16(15)20)19(23(17)12-13)21-14-6-2-3-7-14/h4-5,8-12,14,21H,2-3,6-7H2,1H3. The van der Waals surface area contributed by atoms with Crippen LogP contribution in [0.1, 0.15) is 31.2 Å². The lowest BCUT2D eigenvalue weighted by Crippen LogP contribution is -2.16. The summed E-state index contributed by atoms with van der Waals surface area (Å²) in [4.78, 5) is 4.84. The van der Waals surface area contributed by atoms with E-state index in [9.17, 15) is 0 Å². The quantitative estimate of drug-likeness (QED) is 0.706. The molecule has 0 spiro atoms. The van der Waals surface area contributed by atoms with Gasteiger partial charge in [-0.2, -0.15) is 0 Å². The molecule has 1 N–H and O–H groups in total. The first-order valence-corrected chi connectivity index (χ1v) is 8.60. The van der Waals surface area contributed by atoms with E-state index < -0.39 is 0 Å². The Morgan fingerprint density at radius 3 is 2.70 bits per heavy atom. The Balaban J connectivity index is 1.90. The molecule has 3 aromatic rings. The molecule has 0 amide bonds. The number of hydrogen-bond donors (Lipinski definition) is 1. The van der Waals surface area contributed by atoms with Gasteiger partial charge in [0.1, 0.15) is 17.2 Å². The van der Waals surface area contributed by atoms with Gasteiger partial charge in [-0.15, -0.1) is 0 Å². The molecule has 118 valence electrons. The van der Waals surface area contributed by atoms with E-state index in [0.29, 0.717) is 6.04 Å². The Morgan fingerprint density at radius 1 is 1.13 bits per heavy atom. The third-order valence-corrected chi connectivity index (χ3v) is 4.92. The molecule has 1 saturated carbocycles. The molecule has 1 aliphatic rings. The van der Waals surface area contributed by atoms with Gasteiger partial charge in [0.15, 0.2) is 0 Å². The summed E-state index contributed by atoms with van der Waals surface area (Å²) in [5.74, 6) is 1.06. The van der Waals surface area contributed by atoms with E-state index in [1.807, 2.05) is 24.3 Å². The van der Waals surface area contributed by atoms with Crippen molar-refractivity contribution in [2.75, 3.05) is 5.32 Å². The zero-order valence-corrected chi connectivity index (χ0v) is 14.0. The maximum Gasteiger partial charge on any atom is 0.139 e. The number of anilines is 1. The number of imidazole rings is 1. The van der Waals surface area contributed by atoms with Gasteiger partial charge in [0.05, 0.1) is 5.02 Å². The molecule has 0 aliphatic heterocycles. The average molecular weight is 326 g/mol. The van der Waals surface area contributed by atoms with Gasteiger partial charge in [-0.25, -0.2) is 4.98 Å². The smallest absolute Gasteiger partial charge is 0.139 e. The number of pyridine rings is 1. The monoisotopic (exact) mass is 325 g/mol. The molecular formula is C19H20ClN3. The van der Waals surface area contributed by atoms with Crippen molar-refractivity contribution in [1.82, 2.24) is 9.38 Å². The van der Waals surface area contributed by atoms with Gasteiger partial charge in [0, 0.05) is 17.8 Å². The Kier molecular flexibility index (Phi) is 3.74. The topological polar surface area (TPSA) is 29.3 Å². The predicted octanol–water partition coefficient (Wildman–Crippen LogP) is 5.32. The second-order valence-electron chi connectivity index (χ2n) is 6.35. The maximum atomic E-state index is 6.43. The SMILES string of the molecule is Cc1ccc2nc(-c3ccccc3Cl)c(NC3CCCC3)n2c1.